The molecule has 0 heterocycles. The number of rotatable bonds is 6. The summed E-state index contributed by atoms with van der Waals surface area (Å²) in [5.74, 6) is 3.13. The van der Waals surface area contributed by atoms with Crippen LogP contribution < -0.4 is 0 Å². The van der Waals surface area contributed by atoms with Gasteiger partial charge in [0.15, 0.2) is 0 Å². The first-order valence-electron chi connectivity index (χ1n) is 6.64. The van der Waals surface area contributed by atoms with Gasteiger partial charge < -0.3 is 0 Å². The van der Waals surface area contributed by atoms with Gasteiger partial charge in [0.2, 0.25) is 0 Å². The zero-order valence-electron chi connectivity index (χ0n) is 11.4. The van der Waals surface area contributed by atoms with Crippen molar-refractivity contribution in [3.05, 3.63) is 59.7 Å². The second kappa shape index (κ2) is 8.37. The van der Waals surface area contributed by atoms with E-state index in [4.69, 9.17) is 6.42 Å². The Morgan fingerprint density at radius 3 is 2.61 bits per heavy atom. The summed E-state index contributed by atoms with van der Waals surface area (Å²) >= 11 is 0. The Morgan fingerprint density at radius 1 is 1.33 bits per heavy atom. The topological polar surface area (TPSA) is 0 Å². The SMILES string of the molecule is C#CC/C=C\C(=C/C)C(CCC)c1ccccc1. The lowest BCUT2D eigenvalue weighted by Crippen LogP contribution is -2.01. The molecule has 0 radical (unpaired) electrons. The summed E-state index contributed by atoms with van der Waals surface area (Å²) in [7, 11) is 0. The third kappa shape index (κ3) is 4.26. The Kier molecular flexibility index (Phi) is 6.66. The van der Waals surface area contributed by atoms with E-state index in [-0.39, 0.29) is 0 Å². The van der Waals surface area contributed by atoms with Gasteiger partial charge in [0.1, 0.15) is 0 Å². The van der Waals surface area contributed by atoms with Gasteiger partial charge in [-0.3, -0.25) is 0 Å². The van der Waals surface area contributed by atoms with E-state index in [0.717, 1.165) is 0 Å². The van der Waals surface area contributed by atoms with Crippen molar-refractivity contribution >= 4 is 0 Å². The Bertz CT molecular complexity index is 429. The van der Waals surface area contributed by atoms with Crippen molar-refractivity contribution < 1.29 is 0 Å². The lowest BCUT2D eigenvalue weighted by molar-refractivity contribution is 0.696. The average Bonchev–Trinajstić information content (AvgIpc) is 2.43. The molecule has 94 valence electrons. The number of hydrogen-bond donors (Lipinski definition) is 0. The van der Waals surface area contributed by atoms with Gasteiger partial charge in [0.05, 0.1) is 0 Å². The fraction of sp³-hybridized carbons (Fsp3) is 0.333. The summed E-state index contributed by atoms with van der Waals surface area (Å²) < 4.78 is 0. The predicted molar refractivity (Wildman–Crippen MR) is 80.4 cm³/mol. The van der Waals surface area contributed by atoms with Crippen LogP contribution in [0, 0.1) is 12.3 Å². The van der Waals surface area contributed by atoms with Crippen LogP contribution >= 0.6 is 0 Å². The average molecular weight is 238 g/mol. The van der Waals surface area contributed by atoms with Crippen molar-refractivity contribution in [2.24, 2.45) is 0 Å². The highest BCUT2D eigenvalue weighted by Crippen LogP contribution is 2.29. The van der Waals surface area contributed by atoms with Crippen molar-refractivity contribution in [1.82, 2.24) is 0 Å². The predicted octanol–water partition coefficient (Wildman–Crippen LogP) is 5.10. The Hall–Kier alpha value is -1.74. The first-order valence-corrected chi connectivity index (χ1v) is 6.64. The molecule has 1 atom stereocenters. The first-order chi connectivity index (χ1) is 8.83. The molecule has 0 bridgehead atoms. The highest BCUT2D eigenvalue weighted by molar-refractivity contribution is 5.35. The number of benzene rings is 1. The molecule has 0 amide bonds. The third-order valence-corrected chi connectivity index (χ3v) is 3.06. The molecular weight excluding hydrogens is 216 g/mol. The van der Waals surface area contributed by atoms with E-state index in [0.29, 0.717) is 12.3 Å². The van der Waals surface area contributed by atoms with E-state index < -0.39 is 0 Å². The molecule has 0 aromatic heterocycles. The largest absolute Gasteiger partial charge is 0.120 e. The maximum absolute atomic E-state index is 5.28. The summed E-state index contributed by atoms with van der Waals surface area (Å²) in [5.41, 5.74) is 2.75. The van der Waals surface area contributed by atoms with E-state index in [2.05, 4.69) is 68.3 Å². The molecule has 0 saturated carbocycles. The summed E-state index contributed by atoms with van der Waals surface area (Å²) in [6.45, 7) is 4.33. The molecule has 0 aliphatic carbocycles. The zero-order valence-corrected chi connectivity index (χ0v) is 11.4. The molecule has 0 N–H and O–H groups in total. The molecule has 0 fully saturated rings. The van der Waals surface area contributed by atoms with Crippen LogP contribution in [0.5, 0.6) is 0 Å². The number of hydrogen-bond acceptors (Lipinski definition) is 0. The maximum atomic E-state index is 5.28. The quantitative estimate of drug-likeness (QED) is 0.478. The Labute approximate surface area is 111 Å². The summed E-state index contributed by atoms with van der Waals surface area (Å²) in [6, 6.07) is 10.7. The molecular formula is C18H22. The van der Waals surface area contributed by atoms with Crippen LogP contribution in [0.25, 0.3) is 0 Å². The van der Waals surface area contributed by atoms with Crippen molar-refractivity contribution in [2.75, 3.05) is 0 Å². The molecule has 18 heavy (non-hydrogen) atoms. The Balaban J connectivity index is 2.93. The van der Waals surface area contributed by atoms with E-state index in [1.54, 1.807) is 0 Å². The smallest absolute Gasteiger partial charge is 0.0270 e. The molecule has 0 aliphatic heterocycles. The van der Waals surface area contributed by atoms with Crippen LogP contribution in [-0.2, 0) is 0 Å². The van der Waals surface area contributed by atoms with Gasteiger partial charge in [-0.25, -0.2) is 0 Å². The van der Waals surface area contributed by atoms with Gasteiger partial charge in [0, 0.05) is 12.3 Å². The van der Waals surface area contributed by atoms with Gasteiger partial charge in [-0.15, -0.1) is 12.3 Å². The highest BCUT2D eigenvalue weighted by atomic mass is 14.2. The minimum Gasteiger partial charge on any atom is -0.120 e. The molecule has 1 unspecified atom stereocenters. The number of allylic oxidation sites excluding steroid dienone is 4. The van der Waals surface area contributed by atoms with Gasteiger partial charge in [0.25, 0.3) is 0 Å². The molecule has 1 rings (SSSR count). The molecule has 1 aromatic rings. The molecule has 0 spiro atoms. The second-order valence-electron chi connectivity index (χ2n) is 4.35. The van der Waals surface area contributed by atoms with Gasteiger partial charge in [-0.05, 0) is 24.5 Å². The van der Waals surface area contributed by atoms with Crippen molar-refractivity contribution in [2.45, 2.75) is 39.0 Å². The lowest BCUT2D eigenvalue weighted by Gasteiger charge is -2.18. The van der Waals surface area contributed by atoms with Gasteiger partial charge in [-0.1, -0.05) is 61.9 Å². The van der Waals surface area contributed by atoms with Crippen LogP contribution in [0.15, 0.2) is 54.1 Å². The Morgan fingerprint density at radius 2 is 2.06 bits per heavy atom. The van der Waals surface area contributed by atoms with Gasteiger partial charge >= 0.3 is 0 Å². The first kappa shape index (κ1) is 14.3. The standard InChI is InChI=1S/C18H22/c1-4-7-9-13-16(6-3)18(12-5-2)17-14-10-8-11-15-17/h1,6,8-11,13-15,18H,5,7,12H2,2-3H3/b13-9-,16-6+. The van der Waals surface area contributed by atoms with Crippen molar-refractivity contribution in [3.63, 3.8) is 0 Å². The fourth-order valence-corrected chi connectivity index (χ4v) is 2.18. The van der Waals surface area contributed by atoms with Crippen LogP contribution in [0.1, 0.15) is 44.6 Å². The van der Waals surface area contributed by atoms with E-state index in [1.807, 2.05) is 0 Å². The number of terminal acetylenes is 1. The third-order valence-electron chi connectivity index (χ3n) is 3.06. The lowest BCUT2D eigenvalue weighted by atomic mass is 9.87. The highest BCUT2D eigenvalue weighted by Gasteiger charge is 2.12. The van der Waals surface area contributed by atoms with E-state index >= 15 is 0 Å². The monoisotopic (exact) mass is 238 g/mol. The zero-order chi connectivity index (χ0) is 13.2. The molecule has 0 nitrogen and oxygen atoms in total. The molecule has 1 aromatic carbocycles. The minimum atomic E-state index is 0.482. The van der Waals surface area contributed by atoms with Crippen molar-refractivity contribution in [1.29, 1.82) is 0 Å². The van der Waals surface area contributed by atoms with Crippen LogP contribution in [-0.4, -0.2) is 0 Å². The van der Waals surface area contributed by atoms with Crippen LogP contribution in [0.3, 0.4) is 0 Å². The normalized spacial score (nSPS) is 13.5. The second-order valence-corrected chi connectivity index (χ2v) is 4.35. The van der Waals surface area contributed by atoms with E-state index in [1.165, 1.54) is 24.0 Å². The summed E-state index contributed by atoms with van der Waals surface area (Å²) in [4.78, 5) is 0. The molecule has 0 saturated heterocycles. The van der Waals surface area contributed by atoms with E-state index in [9.17, 15) is 0 Å². The van der Waals surface area contributed by atoms with Crippen LogP contribution in [0.2, 0.25) is 0 Å². The molecule has 0 aliphatic rings. The summed E-state index contributed by atoms with van der Waals surface area (Å²) in [5, 5.41) is 0. The van der Waals surface area contributed by atoms with Gasteiger partial charge in [-0.2, -0.15) is 0 Å². The van der Waals surface area contributed by atoms with Crippen LogP contribution in [0.4, 0.5) is 0 Å². The summed E-state index contributed by atoms with van der Waals surface area (Å²) in [6.07, 6.45) is 14.8. The minimum absolute atomic E-state index is 0.482. The van der Waals surface area contributed by atoms with Crippen molar-refractivity contribution in [3.8, 4) is 12.3 Å². The molecule has 0 heteroatoms. The fourth-order valence-electron chi connectivity index (χ4n) is 2.18. The maximum Gasteiger partial charge on any atom is 0.0270 e.